The van der Waals surface area contributed by atoms with Crippen molar-refractivity contribution in [2.24, 2.45) is 0 Å². The van der Waals surface area contributed by atoms with E-state index in [1.807, 2.05) is 0 Å². The number of hydrogen-bond donors (Lipinski definition) is 2. The first-order valence-corrected chi connectivity index (χ1v) is 6.58. The lowest BCUT2D eigenvalue weighted by molar-refractivity contribution is -0.137. The molecular weight excluding hydrogens is 289 g/mol. The molecule has 3 nitrogen and oxygen atoms in total. The minimum atomic E-state index is -4.37. The molecule has 1 aromatic heterocycles. The topological polar surface area (TPSA) is 59.1 Å². The van der Waals surface area contributed by atoms with Crippen LogP contribution in [0.15, 0.2) is 41.6 Å². The van der Waals surface area contributed by atoms with Crippen molar-refractivity contribution in [2.45, 2.75) is 17.0 Å². The minimum absolute atomic E-state index is 0.00593. The molecule has 0 spiro atoms. The maximum absolute atomic E-state index is 12.4. The zero-order valence-electron chi connectivity index (χ0n) is 10.2. The number of anilines is 1. The van der Waals surface area contributed by atoms with Gasteiger partial charge >= 0.3 is 6.18 Å². The third-order valence-electron chi connectivity index (χ3n) is 2.54. The molecular formula is C13H11F3N2OS. The summed E-state index contributed by atoms with van der Waals surface area (Å²) in [7, 11) is 0. The van der Waals surface area contributed by atoms with Gasteiger partial charge in [0.05, 0.1) is 16.3 Å². The number of hydrogen-bond acceptors (Lipinski definition) is 4. The van der Waals surface area contributed by atoms with Crippen LogP contribution in [-0.4, -0.2) is 10.1 Å². The Balaban J connectivity index is 2.02. The van der Waals surface area contributed by atoms with Crippen LogP contribution >= 0.6 is 11.8 Å². The number of thioether (sulfide) groups is 1. The van der Waals surface area contributed by atoms with Crippen LogP contribution in [0.5, 0.6) is 5.75 Å². The summed E-state index contributed by atoms with van der Waals surface area (Å²) < 4.78 is 37.1. The van der Waals surface area contributed by atoms with Gasteiger partial charge in [-0.2, -0.15) is 13.2 Å². The highest BCUT2D eigenvalue weighted by molar-refractivity contribution is 7.98. The van der Waals surface area contributed by atoms with E-state index in [1.165, 1.54) is 23.9 Å². The fourth-order valence-electron chi connectivity index (χ4n) is 1.48. The number of aromatic nitrogens is 1. The molecule has 0 radical (unpaired) electrons. The average molecular weight is 300 g/mol. The first-order chi connectivity index (χ1) is 9.36. The van der Waals surface area contributed by atoms with E-state index in [4.69, 9.17) is 5.73 Å². The van der Waals surface area contributed by atoms with Crippen LogP contribution < -0.4 is 5.73 Å². The summed E-state index contributed by atoms with van der Waals surface area (Å²) in [4.78, 5) is 3.76. The second kappa shape index (κ2) is 5.62. The standard InChI is InChI=1S/C13H11F3N2OS/c14-13(15,16)9-2-4-12(18-6-9)20-7-8-1-3-11(19)10(17)5-8/h1-6,19H,7,17H2. The number of rotatable bonds is 3. The van der Waals surface area contributed by atoms with Crippen LogP contribution in [0.25, 0.3) is 0 Å². The van der Waals surface area contributed by atoms with Crippen LogP contribution in [0.3, 0.4) is 0 Å². The molecule has 2 aromatic rings. The molecule has 0 saturated heterocycles. The maximum atomic E-state index is 12.4. The molecule has 20 heavy (non-hydrogen) atoms. The highest BCUT2D eigenvalue weighted by Gasteiger charge is 2.30. The summed E-state index contributed by atoms with van der Waals surface area (Å²) in [5, 5.41) is 9.78. The van der Waals surface area contributed by atoms with Gasteiger partial charge in [-0.3, -0.25) is 0 Å². The molecule has 106 valence electrons. The van der Waals surface area contributed by atoms with Gasteiger partial charge in [-0.1, -0.05) is 6.07 Å². The van der Waals surface area contributed by atoms with Crippen molar-refractivity contribution in [2.75, 3.05) is 5.73 Å². The number of nitrogen functional groups attached to an aromatic ring is 1. The van der Waals surface area contributed by atoms with Crippen LogP contribution in [0, 0.1) is 0 Å². The Morgan fingerprint density at radius 3 is 2.50 bits per heavy atom. The van der Waals surface area contributed by atoms with Gasteiger partial charge in [-0.25, -0.2) is 4.98 Å². The summed E-state index contributed by atoms with van der Waals surface area (Å²) in [6.07, 6.45) is -3.56. The molecule has 0 aliphatic heterocycles. The van der Waals surface area contributed by atoms with Crippen LogP contribution in [0.2, 0.25) is 0 Å². The van der Waals surface area contributed by atoms with Crippen molar-refractivity contribution < 1.29 is 18.3 Å². The van der Waals surface area contributed by atoms with Crippen molar-refractivity contribution in [3.8, 4) is 5.75 Å². The molecule has 1 heterocycles. The van der Waals surface area contributed by atoms with E-state index < -0.39 is 11.7 Å². The Labute approximate surface area is 117 Å². The number of nitrogens with zero attached hydrogens (tertiary/aromatic N) is 1. The number of benzene rings is 1. The molecule has 0 amide bonds. The largest absolute Gasteiger partial charge is 0.506 e. The second-order valence-corrected chi connectivity index (χ2v) is 5.06. The van der Waals surface area contributed by atoms with Crippen molar-refractivity contribution in [3.05, 3.63) is 47.7 Å². The predicted octanol–water partition coefficient (Wildman–Crippen LogP) is 3.68. The summed E-state index contributed by atoms with van der Waals surface area (Å²) in [5.41, 5.74) is 5.91. The van der Waals surface area contributed by atoms with Crippen molar-refractivity contribution in [3.63, 3.8) is 0 Å². The van der Waals surface area contributed by atoms with Crippen molar-refractivity contribution >= 4 is 17.4 Å². The Hall–Kier alpha value is -1.89. The van der Waals surface area contributed by atoms with E-state index in [0.29, 0.717) is 10.8 Å². The number of phenolic OH excluding ortho intramolecular Hbond substituents is 1. The minimum Gasteiger partial charge on any atom is -0.506 e. The number of halogens is 3. The third-order valence-corrected chi connectivity index (χ3v) is 3.56. The predicted molar refractivity (Wildman–Crippen MR) is 71.3 cm³/mol. The van der Waals surface area contributed by atoms with Gasteiger partial charge in [0.15, 0.2) is 0 Å². The normalized spacial score (nSPS) is 11.6. The van der Waals surface area contributed by atoms with E-state index in [9.17, 15) is 18.3 Å². The van der Waals surface area contributed by atoms with Crippen molar-refractivity contribution in [1.29, 1.82) is 0 Å². The quantitative estimate of drug-likeness (QED) is 0.516. The van der Waals surface area contributed by atoms with Gasteiger partial charge in [-0.05, 0) is 29.8 Å². The van der Waals surface area contributed by atoms with E-state index in [0.717, 1.165) is 17.8 Å². The average Bonchev–Trinajstić information content (AvgIpc) is 2.40. The van der Waals surface area contributed by atoms with Crippen LogP contribution in [0.4, 0.5) is 18.9 Å². The molecule has 0 atom stereocenters. The number of pyridine rings is 1. The molecule has 3 N–H and O–H groups in total. The number of alkyl halides is 3. The summed E-state index contributed by atoms with van der Waals surface area (Å²) >= 11 is 1.29. The monoisotopic (exact) mass is 300 g/mol. The fourth-order valence-corrected chi connectivity index (χ4v) is 2.27. The Kier molecular flexibility index (Phi) is 4.08. The van der Waals surface area contributed by atoms with E-state index >= 15 is 0 Å². The zero-order valence-corrected chi connectivity index (χ0v) is 11.0. The highest BCUT2D eigenvalue weighted by atomic mass is 32.2. The SMILES string of the molecule is Nc1cc(CSc2ccc(C(F)(F)F)cn2)ccc1O. The third kappa shape index (κ3) is 3.57. The van der Waals surface area contributed by atoms with Gasteiger partial charge < -0.3 is 10.8 Å². The summed E-state index contributed by atoms with van der Waals surface area (Å²) in [5.74, 6) is 0.509. The molecule has 1 aromatic carbocycles. The molecule has 7 heteroatoms. The molecule has 0 fully saturated rings. The lowest BCUT2D eigenvalue weighted by Crippen LogP contribution is -2.05. The zero-order chi connectivity index (χ0) is 14.8. The number of nitrogens with two attached hydrogens (primary N) is 1. The van der Waals surface area contributed by atoms with E-state index in [1.54, 1.807) is 12.1 Å². The van der Waals surface area contributed by atoms with Crippen molar-refractivity contribution in [1.82, 2.24) is 4.98 Å². The van der Waals surface area contributed by atoms with Gasteiger partial charge in [0, 0.05) is 11.9 Å². The molecule has 2 rings (SSSR count). The Morgan fingerprint density at radius 1 is 1.20 bits per heavy atom. The Bertz CT molecular complexity index is 600. The van der Waals surface area contributed by atoms with Gasteiger partial charge in [0.25, 0.3) is 0 Å². The highest BCUT2D eigenvalue weighted by Crippen LogP contribution is 2.30. The molecule has 0 aliphatic carbocycles. The van der Waals surface area contributed by atoms with Gasteiger partial charge in [0.2, 0.25) is 0 Å². The lowest BCUT2D eigenvalue weighted by atomic mass is 10.2. The Morgan fingerprint density at radius 2 is 1.95 bits per heavy atom. The summed E-state index contributed by atoms with van der Waals surface area (Å²) in [6, 6.07) is 7.12. The van der Waals surface area contributed by atoms with E-state index in [2.05, 4.69) is 4.98 Å². The molecule has 0 unspecified atom stereocenters. The number of phenols is 1. The molecule has 0 saturated carbocycles. The maximum Gasteiger partial charge on any atom is 0.417 e. The van der Waals surface area contributed by atoms with Crippen LogP contribution in [-0.2, 0) is 11.9 Å². The molecule has 0 aliphatic rings. The van der Waals surface area contributed by atoms with E-state index in [-0.39, 0.29) is 11.4 Å². The van der Waals surface area contributed by atoms with Gasteiger partial charge in [-0.15, -0.1) is 11.8 Å². The first kappa shape index (κ1) is 14.5. The smallest absolute Gasteiger partial charge is 0.417 e. The molecule has 0 bridgehead atoms. The fraction of sp³-hybridized carbons (Fsp3) is 0.154. The second-order valence-electron chi connectivity index (χ2n) is 4.06. The lowest BCUT2D eigenvalue weighted by Gasteiger charge is -2.07. The number of aromatic hydroxyl groups is 1. The summed E-state index contributed by atoms with van der Waals surface area (Å²) in [6.45, 7) is 0. The first-order valence-electron chi connectivity index (χ1n) is 5.59. The van der Waals surface area contributed by atoms with Crippen LogP contribution in [0.1, 0.15) is 11.1 Å². The van der Waals surface area contributed by atoms with Gasteiger partial charge in [0.1, 0.15) is 5.75 Å².